The summed E-state index contributed by atoms with van der Waals surface area (Å²) in [6, 6.07) is 0. The second-order valence-corrected chi connectivity index (χ2v) is 9.74. The topological polar surface area (TPSA) is 26.3 Å². The first kappa shape index (κ1) is 16.3. The maximum Gasteiger partial charge on any atom is 0.309 e. The van der Waals surface area contributed by atoms with Gasteiger partial charge >= 0.3 is 5.97 Å². The van der Waals surface area contributed by atoms with Gasteiger partial charge in [-0.2, -0.15) is 0 Å². The quantitative estimate of drug-likeness (QED) is 0.678. The van der Waals surface area contributed by atoms with Gasteiger partial charge in [0.15, 0.2) is 0 Å². The number of esters is 1. The Hall–Kier alpha value is -0.530. The summed E-state index contributed by atoms with van der Waals surface area (Å²) in [6.07, 6.45) is 7.87. The van der Waals surface area contributed by atoms with Gasteiger partial charge in [-0.15, -0.1) is 0 Å². The normalized spacial score (nSPS) is 38.4. The van der Waals surface area contributed by atoms with Crippen molar-refractivity contribution in [3.63, 3.8) is 0 Å². The van der Waals surface area contributed by atoms with E-state index in [4.69, 9.17) is 4.74 Å². The average molecular weight is 306 g/mol. The molecule has 2 nitrogen and oxygen atoms in total. The second kappa shape index (κ2) is 5.83. The molecule has 0 aromatic rings. The van der Waals surface area contributed by atoms with Crippen LogP contribution in [0.4, 0.5) is 0 Å². The van der Waals surface area contributed by atoms with Gasteiger partial charge < -0.3 is 4.74 Å². The van der Waals surface area contributed by atoms with Crippen LogP contribution >= 0.6 is 0 Å². The molecule has 0 aromatic heterocycles. The Labute approximate surface area is 136 Å². The fourth-order valence-electron chi connectivity index (χ4n) is 5.63. The molecule has 0 aromatic carbocycles. The Kier molecular flexibility index (Phi) is 4.33. The Bertz CT molecular complexity index is 420. The average Bonchev–Trinajstić information content (AvgIpc) is 3.05. The highest BCUT2D eigenvalue weighted by Gasteiger charge is 2.55. The summed E-state index contributed by atoms with van der Waals surface area (Å²) in [6.45, 7) is 11.0. The summed E-state index contributed by atoms with van der Waals surface area (Å²) < 4.78 is 6.08. The molecule has 0 radical (unpaired) electrons. The third kappa shape index (κ3) is 3.08. The third-order valence-electron chi connectivity index (χ3n) is 6.58. The minimum atomic E-state index is 0.0542. The molecule has 2 bridgehead atoms. The third-order valence-corrected chi connectivity index (χ3v) is 6.58. The number of carbonyl (C=O) groups excluding carboxylic acids is 1. The first-order valence-corrected chi connectivity index (χ1v) is 9.47. The molecule has 2 heteroatoms. The first-order chi connectivity index (χ1) is 10.3. The van der Waals surface area contributed by atoms with Crippen LogP contribution < -0.4 is 0 Å². The molecule has 6 atom stereocenters. The summed E-state index contributed by atoms with van der Waals surface area (Å²) in [5.74, 6) is 3.88. The maximum absolute atomic E-state index is 12.8. The number of carbonyl (C=O) groups is 1. The number of ether oxygens (including phenoxy) is 1. The van der Waals surface area contributed by atoms with Crippen molar-refractivity contribution in [2.75, 3.05) is 0 Å². The van der Waals surface area contributed by atoms with E-state index >= 15 is 0 Å². The zero-order valence-corrected chi connectivity index (χ0v) is 15.1. The Balaban J connectivity index is 1.62. The molecule has 0 aliphatic heterocycles. The van der Waals surface area contributed by atoms with Gasteiger partial charge in [-0.25, -0.2) is 0 Å². The Morgan fingerprint density at radius 3 is 2.41 bits per heavy atom. The van der Waals surface area contributed by atoms with Crippen LogP contribution in [0.3, 0.4) is 0 Å². The van der Waals surface area contributed by atoms with Crippen molar-refractivity contribution in [3.8, 4) is 0 Å². The van der Waals surface area contributed by atoms with E-state index in [1.807, 2.05) is 0 Å². The van der Waals surface area contributed by atoms with Gasteiger partial charge in [0.1, 0.15) is 6.10 Å². The van der Waals surface area contributed by atoms with Crippen molar-refractivity contribution in [2.24, 2.45) is 40.9 Å². The van der Waals surface area contributed by atoms with E-state index in [1.165, 1.54) is 25.7 Å². The highest BCUT2D eigenvalue weighted by atomic mass is 16.5. The molecular weight excluding hydrogens is 272 g/mol. The minimum Gasteiger partial charge on any atom is -0.462 e. The van der Waals surface area contributed by atoms with Gasteiger partial charge in [0, 0.05) is 0 Å². The summed E-state index contributed by atoms with van der Waals surface area (Å²) >= 11 is 0. The largest absolute Gasteiger partial charge is 0.462 e. The van der Waals surface area contributed by atoms with Crippen LogP contribution in [0, 0.1) is 40.9 Å². The van der Waals surface area contributed by atoms with Gasteiger partial charge in [0.25, 0.3) is 0 Å². The first-order valence-electron chi connectivity index (χ1n) is 9.47. The van der Waals surface area contributed by atoms with Crippen LogP contribution in [-0.4, -0.2) is 12.1 Å². The van der Waals surface area contributed by atoms with Crippen LogP contribution in [0.5, 0.6) is 0 Å². The lowest BCUT2D eigenvalue weighted by atomic mass is 9.79. The fourth-order valence-corrected chi connectivity index (χ4v) is 5.63. The zero-order chi connectivity index (χ0) is 16.1. The molecule has 6 unspecified atom stereocenters. The van der Waals surface area contributed by atoms with Crippen LogP contribution in [0.2, 0.25) is 0 Å². The summed E-state index contributed by atoms with van der Waals surface area (Å²) in [5.41, 5.74) is 0.180. The Morgan fingerprint density at radius 1 is 1.09 bits per heavy atom. The molecular formula is C20H34O2. The summed E-state index contributed by atoms with van der Waals surface area (Å²) in [7, 11) is 0. The van der Waals surface area contributed by atoms with Crippen molar-refractivity contribution < 1.29 is 9.53 Å². The van der Waals surface area contributed by atoms with Crippen molar-refractivity contribution in [3.05, 3.63) is 0 Å². The molecule has 3 saturated carbocycles. The molecule has 3 aliphatic rings. The predicted molar refractivity (Wildman–Crippen MR) is 89.3 cm³/mol. The maximum atomic E-state index is 12.8. The standard InChI is InChI=1S/C20H34O2/c1-12(2)17(11-20(3,4)5)19(21)22-18-10-13-9-16(18)15-8-6-7-14(13)15/h12-18H,6-11H2,1-5H3. The Morgan fingerprint density at radius 2 is 1.77 bits per heavy atom. The van der Waals surface area contributed by atoms with Crippen molar-refractivity contribution in [1.82, 2.24) is 0 Å². The molecule has 22 heavy (non-hydrogen) atoms. The monoisotopic (exact) mass is 306 g/mol. The van der Waals surface area contributed by atoms with E-state index in [2.05, 4.69) is 34.6 Å². The summed E-state index contributed by atoms with van der Waals surface area (Å²) in [4.78, 5) is 12.8. The highest BCUT2D eigenvalue weighted by molar-refractivity contribution is 5.73. The molecule has 126 valence electrons. The lowest BCUT2D eigenvalue weighted by Crippen LogP contribution is -2.36. The smallest absolute Gasteiger partial charge is 0.309 e. The van der Waals surface area contributed by atoms with E-state index in [9.17, 15) is 4.79 Å². The molecule has 0 amide bonds. The van der Waals surface area contributed by atoms with Crippen LogP contribution in [0.1, 0.15) is 73.1 Å². The molecule has 3 fully saturated rings. The van der Waals surface area contributed by atoms with Gasteiger partial charge in [0.05, 0.1) is 5.92 Å². The lowest BCUT2D eigenvalue weighted by molar-refractivity contribution is -0.161. The van der Waals surface area contributed by atoms with Gasteiger partial charge in [0.2, 0.25) is 0 Å². The van der Waals surface area contributed by atoms with Crippen molar-refractivity contribution in [1.29, 1.82) is 0 Å². The molecule has 0 saturated heterocycles. The molecule has 0 N–H and O–H groups in total. The number of hydrogen-bond acceptors (Lipinski definition) is 2. The molecule has 3 aliphatic carbocycles. The fraction of sp³-hybridized carbons (Fsp3) is 0.950. The van der Waals surface area contributed by atoms with E-state index in [1.54, 1.807) is 0 Å². The van der Waals surface area contributed by atoms with Gasteiger partial charge in [-0.3, -0.25) is 4.79 Å². The second-order valence-electron chi connectivity index (χ2n) is 9.74. The summed E-state index contributed by atoms with van der Waals surface area (Å²) in [5, 5.41) is 0. The van der Waals surface area contributed by atoms with Crippen LogP contribution in [0.25, 0.3) is 0 Å². The van der Waals surface area contributed by atoms with E-state index in [0.717, 1.165) is 30.6 Å². The molecule has 0 heterocycles. The van der Waals surface area contributed by atoms with Crippen molar-refractivity contribution in [2.45, 2.75) is 79.2 Å². The number of rotatable bonds is 4. The predicted octanol–water partition coefficient (Wildman–Crippen LogP) is 5.06. The lowest BCUT2D eigenvalue weighted by Gasteiger charge is -2.33. The van der Waals surface area contributed by atoms with Gasteiger partial charge in [-0.05, 0) is 67.1 Å². The number of fused-ring (bicyclic) bond motifs is 5. The highest BCUT2D eigenvalue weighted by Crippen LogP contribution is 2.59. The number of hydrogen-bond donors (Lipinski definition) is 0. The SMILES string of the molecule is CC(C)C(CC(C)(C)C)C(=O)OC1CC2CC1C1CCCC21. The molecule has 3 rings (SSSR count). The van der Waals surface area contributed by atoms with Crippen LogP contribution in [-0.2, 0) is 9.53 Å². The molecule has 0 spiro atoms. The van der Waals surface area contributed by atoms with Crippen molar-refractivity contribution >= 4 is 5.97 Å². The van der Waals surface area contributed by atoms with E-state index < -0.39 is 0 Å². The van der Waals surface area contributed by atoms with E-state index in [-0.39, 0.29) is 23.4 Å². The van der Waals surface area contributed by atoms with Crippen LogP contribution in [0.15, 0.2) is 0 Å². The minimum absolute atomic E-state index is 0.0542. The zero-order valence-electron chi connectivity index (χ0n) is 15.1. The van der Waals surface area contributed by atoms with E-state index in [0.29, 0.717) is 11.8 Å². The van der Waals surface area contributed by atoms with Gasteiger partial charge in [-0.1, -0.05) is 41.0 Å².